The first kappa shape index (κ1) is 9.79. The second-order valence-electron chi connectivity index (χ2n) is 3.09. The Morgan fingerprint density at radius 1 is 1.40 bits per heavy atom. The SMILES string of the molecule is Cc1cccc(-c2nnc(C(=O)O)s2)c1. The summed E-state index contributed by atoms with van der Waals surface area (Å²) in [5.41, 5.74) is 2.01. The van der Waals surface area contributed by atoms with Crippen LogP contribution in [0.25, 0.3) is 10.6 Å². The summed E-state index contributed by atoms with van der Waals surface area (Å²) in [6, 6.07) is 7.72. The summed E-state index contributed by atoms with van der Waals surface area (Å²) in [6.07, 6.45) is 0. The zero-order valence-electron chi connectivity index (χ0n) is 7.97. The predicted molar refractivity (Wildman–Crippen MR) is 57.0 cm³/mol. The van der Waals surface area contributed by atoms with Crippen molar-refractivity contribution in [3.05, 3.63) is 34.8 Å². The fraction of sp³-hybridized carbons (Fsp3) is 0.100. The van der Waals surface area contributed by atoms with Crippen LogP contribution in [0.15, 0.2) is 24.3 Å². The molecule has 0 aliphatic carbocycles. The van der Waals surface area contributed by atoms with Gasteiger partial charge in [-0.25, -0.2) is 4.79 Å². The zero-order valence-corrected chi connectivity index (χ0v) is 8.78. The van der Waals surface area contributed by atoms with Gasteiger partial charge in [0.1, 0.15) is 5.01 Å². The summed E-state index contributed by atoms with van der Waals surface area (Å²) in [5, 5.41) is 16.8. The average molecular weight is 220 g/mol. The molecule has 2 aromatic rings. The molecular weight excluding hydrogens is 212 g/mol. The molecule has 1 N–H and O–H groups in total. The molecule has 0 spiro atoms. The molecule has 0 aliphatic rings. The third-order valence-electron chi connectivity index (χ3n) is 1.87. The van der Waals surface area contributed by atoms with Crippen molar-refractivity contribution in [2.75, 3.05) is 0 Å². The van der Waals surface area contributed by atoms with Crippen molar-refractivity contribution < 1.29 is 9.90 Å². The van der Waals surface area contributed by atoms with Gasteiger partial charge < -0.3 is 5.11 Å². The lowest BCUT2D eigenvalue weighted by Gasteiger charge is -1.95. The van der Waals surface area contributed by atoms with Crippen molar-refractivity contribution >= 4 is 17.3 Å². The van der Waals surface area contributed by atoms with E-state index in [1.165, 1.54) is 0 Å². The molecule has 0 atom stereocenters. The minimum atomic E-state index is -1.04. The Kier molecular flexibility index (Phi) is 2.47. The lowest BCUT2D eigenvalue weighted by molar-refractivity contribution is 0.0695. The first-order valence-corrected chi connectivity index (χ1v) is 5.12. The Balaban J connectivity index is 2.41. The third kappa shape index (κ3) is 2.02. The normalized spacial score (nSPS) is 10.2. The van der Waals surface area contributed by atoms with Gasteiger partial charge in [0.25, 0.3) is 0 Å². The molecule has 0 saturated heterocycles. The van der Waals surface area contributed by atoms with Crippen molar-refractivity contribution in [2.45, 2.75) is 6.92 Å². The number of carbonyl (C=O) groups is 1. The second kappa shape index (κ2) is 3.78. The molecule has 0 unspecified atom stereocenters. The van der Waals surface area contributed by atoms with Crippen LogP contribution in [0.2, 0.25) is 0 Å². The Labute approximate surface area is 90.2 Å². The molecule has 76 valence electrons. The van der Waals surface area contributed by atoms with Crippen LogP contribution in [0.3, 0.4) is 0 Å². The van der Waals surface area contributed by atoms with Crippen molar-refractivity contribution in [3.63, 3.8) is 0 Å². The molecular formula is C10H8N2O2S. The smallest absolute Gasteiger partial charge is 0.367 e. The van der Waals surface area contributed by atoms with E-state index in [1.807, 2.05) is 31.2 Å². The van der Waals surface area contributed by atoms with Gasteiger partial charge >= 0.3 is 5.97 Å². The van der Waals surface area contributed by atoms with E-state index in [0.29, 0.717) is 5.01 Å². The van der Waals surface area contributed by atoms with Gasteiger partial charge in [0.2, 0.25) is 5.01 Å². The number of aromatic carboxylic acids is 1. The highest BCUT2D eigenvalue weighted by Gasteiger charge is 2.11. The van der Waals surface area contributed by atoms with E-state index in [4.69, 9.17) is 5.11 Å². The van der Waals surface area contributed by atoms with E-state index in [9.17, 15) is 4.79 Å². The highest BCUT2D eigenvalue weighted by Crippen LogP contribution is 2.23. The Hall–Kier alpha value is -1.75. The molecule has 0 fully saturated rings. The molecule has 4 nitrogen and oxygen atoms in total. The number of aromatic nitrogens is 2. The van der Waals surface area contributed by atoms with Crippen LogP contribution in [-0.4, -0.2) is 21.3 Å². The third-order valence-corrected chi connectivity index (χ3v) is 2.83. The van der Waals surface area contributed by atoms with Crippen LogP contribution in [0.4, 0.5) is 0 Å². The molecule has 0 amide bonds. The van der Waals surface area contributed by atoms with E-state index < -0.39 is 5.97 Å². The minimum absolute atomic E-state index is 0.0199. The van der Waals surface area contributed by atoms with Crippen molar-refractivity contribution in [2.24, 2.45) is 0 Å². The van der Waals surface area contributed by atoms with Crippen LogP contribution >= 0.6 is 11.3 Å². The van der Waals surface area contributed by atoms with E-state index >= 15 is 0 Å². The second-order valence-corrected chi connectivity index (χ2v) is 4.06. The highest BCUT2D eigenvalue weighted by atomic mass is 32.1. The molecule has 15 heavy (non-hydrogen) atoms. The number of benzene rings is 1. The van der Waals surface area contributed by atoms with Crippen LogP contribution in [0, 0.1) is 6.92 Å². The van der Waals surface area contributed by atoms with E-state index in [-0.39, 0.29) is 5.01 Å². The minimum Gasteiger partial charge on any atom is -0.476 e. The zero-order chi connectivity index (χ0) is 10.8. The molecule has 1 aromatic heterocycles. The lowest BCUT2D eigenvalue weighted by atomic mass is 10.1. The summed E-state index contributed by atoms with van der Waals surface area (Å²) in [6.45, 7) is 1.97. The van der Waals surface area contributed by atoms with Gasteiger partial charge in [-0.3, -0.25) is 0 Å². The van der Waals surface area contributed by atoms with Gasteiger partial charge in [-0.15, -0.1) is 10.2 Å². The maximum atomic E-state index is 10.6. The number of nitrogens with zero attached hydrogens (tertiary/aromatic N) is 2. The van der Waals surface area contributed by atoms with Crippen LogP contribution in [0.5, 0.6) is 0 Å². The Bertz CT molecular complexity index is 508. The van der Waals surface area contributed by atoms with E-state index in [2.05, 4.69) is 10.2 Å². The van der Waals surface area contributed by atoms with Crippen LogP contribution in [0.1, 0.15) is 15.4 Å². The van der Waals surface area contributed by atoms with Gasteiger partial charge in [-0.05, 0) is 13.0 Å². The van der Waals surface area contributed by atoms with Crippen molar-refractivity contribution in [1.82, 2.24) is 10.2 Å². The number of rotatable bonds is 2. The lowest BCUT2D eigenvalue weighted by Crippen LogP contribution is -1.93. The average Bonchev–Trinajstić information content (AvgIpc) is 2.66. The summed E-state index contributed by atoms with van der Waals surface area (Å²) in [7, 11) is 0. The largest absolute Gasteiger partial charge is 0.476 e. The van der Waals surface area contributed by atoms with Crippen LogP contribution in [-0.2, 0) is 0 Å². The number of hydrogen-bond acceptors (Lipinski definition) is 4. The first-order chi connectivity index (χ1) is 7.16. The molecule has 1 heterocycles. The maximum Gasteiger partial charge on any atom is 0.367 e. The number of hydrogen-bond donors (Lipinski definition) is 1. The van der Waals surface area contributed by atoms with Crippen molar-refractivity contribution in [1.29, 1.82) is 0 Å². The highest BCUT2D eigenvalue weighted by molar-refractivity contribution is 7.16. The fourth-order valence-corrected chi connectivity index (χ4v) is 1.88. The van der Waals surface area contributed by atoms with Gasteiger partial charge in [-0.1, -0.05) is 35.1 Å². The van der Waals surface area contributed by atoms with Gasteiger partial charge in [-0.2, -0.15) is 0 Å². The number of aryl methyl sites for hydroxylation is 1. The van der Waals surface area contributed by atoms with Gasteiger partial charge in [0, 0.05) is 5.56 Å². The summed E-state index contributed by atoms with van der Waals surface area (Å²) >= 11 is 1.08. The quantitative estimate of drug-likeness (QED) is 0.842. The topological polar surface area (TPSA) is 63.1 Å². The molecule has 5 heteroatoms. The summed E-state index contributed by atoms with van der Waals surface area (Å²) < 4.78 is 0. The molecule has 0 saturated carbocycles. The van der Waals surface area contributed by atoms with Crippen molar-refractivity contribution in [3.8, 4) is 10.6 Å². The number of carboxylic acids is 1. The molecule has 0 bridgehead atoms. The standard InChI is InChI=1S/C10H8N2O2S/c1-6-3-2-4-7(5-6)8-11-12-9(15-8)10(13)14/h2-5H,1H3,(H,13,14). The number of carboxylic acid groups (broad SMARTS) is 1. The maximum absolute atomic E-state index is 10.6. The monoisotopic (exact) mass is 220 g/mol. The molecule has 0 radical (unpaired) electrons. The van der Waals surface area contributed by atoms with Gasteiger partial charge in [0.15, 0.2) is 0 Å². The van der Waals surface area contributed by atoms with Gasteiger partial charge in [0.05, 0.1) is 0 Å². The van der Waals surface area contributed by atoms with Crippen LogP contribution < -0.4 is 0 Å². The van der Waals surface area contributed by atoms with E-state index in [1.54, 1.807) is 0 Å². The molecule has 1 aromatic carbocycles. The Morgan fingerprint density at radius 3 is 2.80 bits per heavy atom. The predicted octanol–water partition coefficient (Wildman–Crippen LogP) is 2.21. The first-order valence-electron chi connectivity index (χ1n) is 4.30. The molecule has 2 rings (SSSR count). The fourth-order valence-electron chi connectivity index (χ4n) is 1.20. The summed E-state index contributed by atoms with van der Waals surface area (Å²) in [5.74, 6) is -1.04. The Morgan fingerprint density at radius 2 is 2.20 bits per heavy atom. The molecule has 0 aliphatic heterocycles. The van der Waals surface area contributed by atoms with E-state index in [0.717, 1.165) is 22.5 Å². The summed E-state index contributed by atoms with van der Waals surface area (Å²) in [4.78, 5) is 10.6.